The van der Waals surface area contributed by atoms with E-state index in [9.17, 15) is 14.0 Å². The number of hydrogen-bond donors (Lipinski definition) is 0. The zero-order valence-electron chi connectivity index (χ0n) is 11.4. The van der Waals surface area contributed by atoms with Crippen molar-refractivity contribution >= 4 is 11.8 Å². The summed E-state index contributed by atoms with van der Waals surface area (Å²) in [6.07, 6.45) is 3.90. The van der Waals surface area contributed by atoms with E-state index in [4.69, 9.17) is 0 Å². The lowest BCUT2D eigenvalue weighted by Crippen LogP contribution is -2.39. The molecule has 2 nitrogen and oxygen atoms in total. The number of aromatic nitrogens is 1. The second-order valence-electron chi connectivity index (χ2n) is 5.38. The van der Waals surface area contributed by atoms with Gasteiger partial charge in [0.2, 0.25) is 0 Å². The standard InChI is InChI=1S/C16H15F2NOS/c17-12-5-3-6-13(18)15(12)16(8-4-9-16)11-21-14-7-1-2-10-19(14)20/h1-3,5-7,10H,4,8-9,11H2. The van der Waals surface area contributed by atoms with Gasteiger partial charge in [-0.3, -0.25) is 0 Å². The highest BCUT2D eigenvalue weighted by atomic mass is 32.2. The third kappa shape index (κ3) is 2.62. The van der Waals surface area contributed by atoms with Crippen LogP contribution in [0.4, 0.5) is 8.78 Å². The smallest absolute Gasteiger partial charge is 0.251 e. The van der Waals surface area contributed by atoms with Gasteiger partial charge in [-0.2, -0.15) is 4.73 Å². The minimum Gasteiger partial charge on any atom is -0.618 e. The van der Waals surface area contributed by atoms with Crippen molar-refractivity contribution in [3.8, 4) is 0 Å². The van der Waals surface area contributed by atoms with Gasteiger partial charge in [0.05, 0.1) is 0 Å². The second kappa shape index (κ2) is 5.64. The Bertz CT molecular complexity index is 638. The molecule has 0 bridgehead atoms. The van der Waals surface area contributed by atoms with Crippen LogP contribution in [0.25, 0.3) is 0 Å². The van der Waals surface area contributed by atoms with Crippen LogP contribution in [0.1, 0.15) is 24.8 Å². The van der Waals surface area contributed by atoms with Crippen LogP contribution in [0.15, 0.2) is 47.6 Å². The van der Waals surface area contributed by atoms with Crippen molar-refractivity contribution in [2.45, 2.75) is 29.7 Å². The van der Waals surface area contributed by atoms with Gasteiger partial charge in [0.1, 0.15) is 11.6 Å². The second-order valence-corrected chi connectivity index (χ2v) is 6.38. The molecule has 0 saturated heterocycles. The summed E-state index contributed by atoms with van der Waals surface area (Å²) in [7, 11) is 0. The molecule has 21 heavy (non-hydrogen) atoms. The molecule has 0 amide bonds. The lowest BCUT2D eigenvalue weighted by atomic mass is 9.65. The van der Waals surface area contributed by atoms with E-state index in [0.29, 0.717) is 10.8 Å². The first-order valence-corrected chi connectivity index (χ1v) is 7.86. The third-order valence-corrected chi connectivity index (χ3v) is 5.40. The van der Waals surface area contributed by atoms with Crippen molar-refractivity contribution in [3.63, 3.8) is 0 Å². The molecule has 1 aliphatic carbocycles. The van der Waals surface area contributed by atoms with Crippen molar-refractivity contribution in [2.24, 2.45) is 0 Å². The van der Waals surface area contributed by atoms with Crippen LogP contribution in [-0.2, 0) is 5.41 Å². The lowest BCUT2D eigenvalue weighted by molar-refractivity contribution is -0.645. The summed E-state index contributed by atoms with van der Waals surface area (Å²) in [5, 5.41) is 12.2. The Morgan fingerprint density at radius 3 is 2.38 bits per heavy atom. The Hall–Kier alpha value is -1.62. The van der Waals surface area contributed by atoms with Gasteiger partial charge < -0.3 is 5.21 Å². The van der Waals surface area contributed by atoms with Crippen LogP contribution < -0.4 is 4.73 Å². The fourth-order valence-electron chi connectivity index (χ4n) is 2.81. The molecule has 1 fully saturated rings. The molecule has 0 spiro atoms. The molecule has 0 radical (unpaired) electrons. The average Bonchev–Trinajstić information content (AvgIpc) is 2.42. The number of thioether (sulfide) groups is 1. The van der Waals surface area contributed by atoms with Crippen LogP contribution in [0.2, 0.25) is 0 Å². The van der Waals surface area contributed by atoms with Gasteiger partial charge >= 0.3 is 0 Å². The SMILES string of the molecule is [O-][n+]1ccccc1SCC1(c2c(F)cccc2F)CCC1. The number of benzene rings is 1. The molecule has 1 heterocycles. The Morgan fingerprint density at radius 2 is 1.81 bits per heavy atom. The highest BCUT2D eigenvalue weighted by molar-refractivity contribution is 7.99. The maximum Gasteiger partial charge on any atom is 0.251 e. The van der Waals surface area contributed by atoms with Crippen LogP contribution in [0, 0.1) is 16.8 Å². The van der Waals surface area contributed by atoms with E-state index < -0.39 is 17.0 Å². The Kier molecular flexibility index (Phi) is 3.85. The Balaban J connectivity index is 1.86. The number of nitrogens with zero attached hydrogens (tertiary/aromatic N) is 1. The molecule has 2 aromatic rings. The molecule has 0 N–H and O–H groups in total. The summed E-state index contributed by atoms with van der Waals surface area (Å²) in [5.74, 6) is -0.464. The summed E-state index contributed by atoms with van der Waals surface area (Å²) in [6.45, 7) is 0. The van der Waals surface area contributed by atoms with E-state index in [1.807, 2.05) is 0 Å². The first kappa shape index (κ1) is 14.3. The largest absolute Gasteiger partial charge is 0.618 e. The summed E-state index contributed by atoms with van der Waals surface area (Å²) in [5.41, 5.74) is -0.319. The highest BCUT2D eigenvalue weighted by Gasteiger charge is 2.43. The maximum absolute atomic E-state index is 14.1. The molecule has 0 aliphatic heterocycles. The van der Waals surface area contributed by atoms with Gasteiger partial charge in [0, 0.05) is 28.9 Å². The Labute approximate surface area is 126 Å². The highest BCUT2D eigenvalue weighted by Crippen LogP contribution is 2.48. The van der Waals surface area contributed by atoms with E-state index >= 15 is 0 Å². The summed E-state index contributed by atoms with van der Waals surface area (Å²) >= 11 is 1.36. The van der Waals surface area contributed by atoms with Gasteiger partial charge in [-0.1, -0.05) is 24.2 Å². The first-order valence-electron chi connectivity index (χ1n) is 6.88. The normalized spacial score (nSPS) is 16.5. The van der Waals surface area contributed by atoms with E-state index in [0.717, 1.165) is 24.0 Å². The number of pyridine rings is 1. The fraction of sp³-hybridized carbons (Fsp3) is 0.312. The fourth-order valence-corrected chi connectivity index (χ4v) is 4.03. The van der Waals surface area contributed by atoms with Crippen LogP contribution in [0.3, 0.4) is 0 Å². The molecule has 1 aliphatic rings. The third-order valence-electron chi connectivity index (χ3n) is 4.09. The predicted molar refractivity (Wildman–Crippen MR) is 78.0 cm³/mol. The Morgan fingerprint density at radius 1 is 1.10 bits per heavy atom. The van der Waals surface area contributed by atoms with Crippen LogP contribution in [-0.4, -0.2) is 5.75 Å². The molecule has 0 atom stereocenters. The van der Waals surface area contributed by atoms with E-state index in [-0.39, 0.29) is 5.56 Å². The molecule has 110 valence electrons. The molecule has 1 saturated carbocycles. The van der Waals surface area contributed by atoms with Gasteiger partial charge in [0.15, 0.2) is 6.20 Å². The van der Waals surface area contributed by atoms with Crippen molar-refractivity contribution in [3.05, 3.63) is 65.0 Å². The van der Waals surface area contributed by atoms with Gasteiger partial charge in [-0.25, -0.2) is 8.78 Å². The van der Waals surface area contributed by atoms with Crippen LogP contribution in [0.5, 0.6) is 0 Å². The quantitative estimate of drug-likeness (QED) is 0.488. The summed E-state index contributed by atoms with van der Waals surface area (Å²) in [4.78, 5) is 0. The first-order chi connectivity index (χ1) is 10.1. The molecular formula is C16H15F2NOS. The predicted octanol–water partition coefficient (Wildman–Crippen LogP) is 3.81. The van der Waals surface area contributed by atoms with E-state index in [2.05, 4.69) is 0 Å². The number of rotatable bonds is 4. The van der Waals surface area contributed by atoms with Gasteiger partial charge in [-0.05, 0) is 31.0 Å². The number of hydrogen-bond acceptors (Lipinski definition) is 2. The molecule has 3 rings (SSSR count). The van der Waals surface area contributed by atoms with Gasteiger partial charge in [-0.15, -0.1) is 0 Å². The van der Waals surface area contributed by atoms with Crippen molar-refractivity contribution < 1.29 is 13.5 Å². The van der Waals surface area contributed by atoms with Crippen molar-refractivity contribution in [1.82, 2.24) is 0 Å². The lowest BCUT2D eigenvalue weighted by Gasteiger charge is -2.42. The maximum atomic E-state index is 14.1. The molecular weight excluding hydrogens is 292 g/mol. The minimum atomic E-state index is -0.497. The van der Waals surface area contributed by atoms with Crippen molar-refractivity contribution in [1.29, 1.82) is 0 Å². The summed E-state index contributed by atoms with van der Waals surface area (Å²) < 4.78 is 28.9. The van der Waals surface area contributed by atoms with E-state index in [1.54, 1.807) is 18.2 Å². The van der Waals surface area contributed by atoms with Crippen LogP contribution >= 0.6 is 11.8 Å². The van der Waals surface area contributed by atoms with Crippen molar-refractivity contribution in [2.75, 3.05) is 5.75 Å². The zero-order valence-corrected chi connectivity index (χ0v) is 12.2. The molecule has 1 aromatic carbocycles. The number of halogens is 2. The molecule has 5 heteroatoms. The molecule has 1 aromatic heterocycles. The zero-order chi connectivity index (χ0) is 14.9. The topological polar surface area (TPSA) is 26.9 Å². The van der Waals surface area contributed by atoms with E-state index in [1.165, 1.54) is 36.2 Å². The minimum absolute atomic E-state index is 0.178. The summed E-state index contributed by atoms with van der Waals surface area (Å²) in [6, 6.07) is 9.16. The van der Waals surface area contributed by atoms with Gasteiger partial charge in [0.25, 0.3) is 5.03 Å². The monoisotopic (exact) mass is 307 g/mol. The average molecular weight is 307 g/mol. The molecule has 0 unspecified atom stereocenters.